The van der Waals surface area contributed by atoms with Gasteiger partial charge in [-0.2, -0.15) is 4.31 Å². The lowest BCUT2D eigenvalue weighted by Gasteiger charge is -2.30. The van der Waals surface area contributed by atoms with Crippen molar-refractivity contribution in [2.24, 2.45) is 5.92 Å². The van der Waals surface area contributed by atoms with E-state index in [9.17, 15) is 18.5 Å². The second kappa shape index (κ2) is 5.98. The molecule has 116 valence electrons. The Kier molecular flexibility index (Phi) is 4.48. The van der Waals surface area contributed by atoms with Gasteiger partial charge in [0, 0.05) is 25.2 Å². The molecule has 21 heavy (non-hydrogen) atoms. The predicted octanol–water partition coefficient (Wildman–Crippen LogP) is 1.99. The van der Waals surface area contributed by atoms with Crippen molar-refractivity contribution < 1.29 is 13.3 Å². The number of piperidine rings is 1. The number of rotatable bonds is 4. The molecule has 0 radical (unpaired) electrons. The van der Waals surface area contributed by atoms with Crippen LogP contribution in [0.1, 0.15) is 26.2 Å². The van der Waals surface area contributed by atoms with Gasteiger partial charge in [0.05, 0.1) is 10.6 Å². The van der Waals surface area contributed by atoms with Crippen LogP contribution in [-0.2, 0) is 10.0 Å². The topological polar surface area (TPSA) is 107 Å². The number of hydrogen-bond acceptors (Lipinski definition) is 5. The molecule has 1 heterocycles. The van der Waals surface area contributed by atoms with Gasteiger partial charge in [-0.05, 0) is 24.8 Å². The summed E-state index contributed by atoms with van der Waals surface area (Å²) in [6, 6.07) is 3.51. The summed E-state index contributed by atoms with van der Waals surface area (Å²) >= 11 is 0. The molecular weight excluding hydrogens is 294 g/mol. The molecule has 0 unspecified atom stereocenters. The molecule has 8 heteroatoms. The first-order chi connectivity index (χ1) is 9.86. The molecule has 1 fully saturated rings. The first-order valence-corrected chi connectivity index (χ1v) is 8.34. The van der Waals surface area contributed by atoms with Crippen molar-refractivity contribution in [3.8, 4) is 0 Å². The van der Waals surface area contributed by atoms with E-state index in [1.807, 2.05) is 0 Å². The van der Waals surface area contributed by atoms with Gasteiger partial charge in [0.2, 0.25) is 10.0 Å². The summed E-state index contributed by atoms with van der Waals surface area (Å²) < 4.78 is 26.6. The maximum atomic E-state index is 12.6. The third kappa shape index (κ3) is 3.16. The molecule has 7 nitrogen and oxygen atoms in total. The van der Waals surface area contributed by atoms with Gasteiger partial charge in [-0.3, -0.25) is 10.1 Å². The molecule has 1 aromatic rings. The van der Waals surface area contributed by atoms with Crippen LogP contribution in [0.15, 0.2) is 23.1 Å². The van der Waals surface area contributed by atoms with Gasteiger partial charge in [-0.25, -0.2) is 8.42 Å². The van der Waals surface area contributed by atoms with Crippen LogP contribution >= 0.6 is 0 Å². The molecule has 2 rings (SSSR count). The van der Waals surface area contributed by atoms with Crippen LogP contribution in [0.25, 0.3) is 0 Å². The summed E-state index contributed by atoms with van der Waals surface area (Å²) in [6.45, 7) is 2.96. The standard InChI is InChI=1S/C13H19N3O4S/c1-2-10-5-7-15(8-6-10)21(19,20)13-9-11(16(17)18)3-4-12(13)14/h3-4,9-10H,2,5-8,14H2,1H3. The zero-order valence-corrected chi connectivity index (χ0v) is 12.7. The van der Waals surface area contributed by atoms with Crippen molar-refractivity contribution in [1.82, 2.24) is 4.31 Å². The van der Waals surface area contributed by atoms with E-state index >= 15 is 0 Å². The number of nitro groups is 1. The van der Waals surface area contributed by atoms with E-state index in [2.05, 4.69) is 6.92 Å². The highest BCUT2D eigenvalue weighted by Crippen LogP contribution is 2.30. The Morgan fingerprint density at radius 1 is 1.38 bits per heavy atom. The molecule has 1 aromatic carbocycles. The van der Waals surface area contributed by atoms with Gasteiger partial charge in [0.25, 0.3) is 5.69 Å². The molecule has 0 atom stereocenters. The van der Waals surface area contributed by atoms with Crippen LogP contribution < -0.4 is 5.73 Å². The Morgan fingerprint density at radius 2 is 2.00 bits per heavy atom. The zero-order valence-electron chi connectivity index (χ0n) is 11.9. The average molecular weight is 313 g/mol. The zero-order chi connectivity index (χ0) is 15.6. The third-order valence-electron chi connectivity index (χ3n) is 3.98. The summed E-state index contributed by atoms with van der Waals surface area (Å²) in [5, 5.41) is 10.8. The fourth-order valence-electron chi connectivity index (χ4n) is 2.56. The number of nitrogens with zero attached hydrogens (tertiary/aromatic N) is 2. The third-order valence-corrected chi connectivity index (χ3v) is 5.93. The summed E-state index contributed by atoms with van der Waals surface area (Å²) in [4.78, 5) is 10.0. The van der Waals surface area contributed by atoms with E-state index in [0.717, 1.165) is 25.3 Å². The molecular formula is C13H19N3O4S. The second-order valence-corrected chi connectivity index (χ2v) is 7.14. The second-order valence-electron chi connectivity index (χ2n) is 5.23. The molecule has 1 saturated heterocycles. The van der Waals surface area contributed by atoms with Crippen molar-refractivity contribution in [2.75, 3.05) is 18.8 Å². The number of non-ortho nitro benzene ring substituents is 1. The molecule has 0 aromatic heterocycles. The van der Waals surface area contributed by atoms with E-state index in [1.54, 1.807) is 0 Å². The molecule has 1 aliphatic rings. The summed E-state index contributed by atoms with van der Waals surface area (Å²) in [7, 11) is -3.78. The number of anilines is 1. The van der Waals surface area contributed by atoms with Gasteiger partial charge in [0.15, 0.2) is 0 Å². The molecule has 0 spiro atoms. The van der Waals surface area contributed by atoms with Gasteiger partial charge >= 0.3 is 0 Å². The van der Waals surface area contributed by atoms with Crippen molar-refractivity contribution >= 4 is 21.4 Å². The van der Waals surface area contributed by atoms with Gasteiger partial charge in [-0.1, -0.05) is 13.3 Å². The maximum Gasteiger partial charge on any atom is 0.270 e. The average Bonchev–Trinajstić information content (AvgIpc) is 2.47. The number of nitro benzene ring substituents is 1. The Labute approximate surface area is 123 Å². The molecule has 0 aliphatic carbocycles. The fourth-order valence-corrected chi connectivity index (χ4v) is 4.16. The van der Waals surface area contributed by atoms with Gasteiger partial charge in [0.1, 0.15) is 4.90 Å². The quantitative estimate of drug-likeness (QED) is 0.519. The van der Waals surface area contributed by atoms with Gasteiger partial charge in [-0.15, -0.1) is 0 Å². The Morgan fingerprint density at radius 3 is 2.52 bits per heavy atom. The summed E-state index contributed by atoms with van der Waals surface area (Å²) in [5.41, 5.74) is 5.48. The number of nitrogens with two attached hydrogens (primary N) is 1. The Hall–Kier alpha value is -1.67. The number of sulfonamides is 1. The van der Waals surface area contributed by atoms with Crippen LogP contribution in [-0.4, -0.2) is 30.7 Å². The van der Waals surface area contributed by atoms with E-state index in [1.165, 1.54) is 16.4 Å². The van der Waals surface area contributed by atoms with Crippen LogP contribution in [0.3, 0.4) is 0 Å². The van der Waals surface area contributed by atoms with E-state index in [4.69, 9.17) is 5.73 Å². The minimum absolute atomic E-state index is 0.0400. The monoisotopic (exact) mass is 313 g/mol. The Balaban J connectivity index is 2.32. The van der Waals surface area contributed by atoms with E-state index < -0.39 is 14.9 Å². The molecule has 0 bridgehead atoms. The molecule has 0 amide bonds. The highest BCUT2D eigenvalue weighted by molar-refractivity contribution is 7.89. The number of benzene rings is 1. The fraction of sp³-hybridized carbons (Fsp3) is 0.538. The van der Waals surface area contributed by atoms with E-state index in [-0.39, 0.29) is 16.3 Å². The molecule has 2 N–H and O–H groups in total. The van der Waals surface area contributed by atoms with Crippen LogP contribution in [0, 0.1) is 16.0 Å². The number of hydrogen-bond donors (Lipinski definition) is 1. The summed E-state index contributed by atoms with van der Waals surface area (Å²) in [5.74, 6) is 0.541. The predicted molar refractivity (Wildman–Crippen MR) is 79.3 cm³/mol. The van der Waals surface area contributed by atoms with Crippen LogP contribution in [0.5, 0.6) is 0 Å². The first-order valence-electron chi connectivity index (χ1n) is 6.90. The molecule has 0 saturated carbocycles. The van der Waals surface area contributed by atoms with Gasteiger partial charge < -0.3 is 5.73 Å². The lowest BCUT2D eigenvalue weighted by Crippen LogP contribution is -2.38. The Bertz CT molecular complexity index is 637. The summed E-state index contributed by atoms with van der Waals surface area (Å²) in [6.07, 6.45) is 2.65. The SMILES string of the molecule is CCC1CCN(S(=O)(=O)c2cc([N+](=O)[O-])ccc2N)CC1. The maximum absolute atomic E-state index is 12.6. The smallest absolute Gasteiger partial charge is 0.270 e. The highest BCUT2D eigenvalue weighted by Gasteiger charge is 2.31. The lowest BCUT2D eigenvalue weighted by molar-refractivity contribution is -0.385. The van der Waals surface area contributed by atoms with Crippen molar-refractivity contribution in [1.29, 1.82) is 0 Å². The van der Waals surface area contributed by atoms with Crippen LogP contribution in [0.4, 0.5) is 11.4 Å². The van der Waals surface area contributed by atoms with Crippen molar-refractivity contribution in [3.63, 3.8) is 0 Å². The lowest BCUT2D eigenvalue weighted by atomic mass is 9.96. The van der Waals surface area contributed by atoms with Crippen molar-refractivity contribution in [2.45, 2.75) is 31.1 Å². The largest absolute Gasteiger partial charge is 0.398 e. The van der Waals surface area contributed by atoms with E-state index in [0.29, 0.717) is 19.0 Å². The minimum atomic E-state index is -3.78. The number of nitrogen functional groups attached to an aromatic ring is 1. The minimum Gasteiger partial charge on any atom is -0.398 e. The van der Waals surface area contributed by atoms with Crippen molar-refractivity contribution in [3.05, 3.63) is 28.3 Å². The normalized spacial score (nSPS) is 17.8. The molecule has 1 aliphatic heterocycles. The van der Waals surface area contributed by atoms with Crippen LogP contribution in [0.2, 0.25) is 0 Å². The first kappa shape index (κ1) is 15.7. The highest BCUT2D eigenvalue weighted by atomic mass is 32.2.